The molecule has 0 aromatic rings. The van der Waals surface area contributed by atoms with Crippen molar-refractivity contribution in [2.45, 2.75) is 29.2 Å². The van der Waals surface area contributed by atoms with Crippen molar-refractivity contribution in [3.63, 3.8) is 0 Å². The normalized spacial score (nSPS) is 19.1. The third kappa shape index (κ3) is 4.16. The van der Waals surface area contributed by atoms with Gasteiger partial charge in [-0.05, 0) is 0 Å². The summed E-state index contributed by atoms with van der Waals surface area (Å²) < 4.78 is 170. The molecule has 0 spiro atoms. The van der Waals surface area contributed by atoms with Crippen molar-refractivity contribution in [3.8, 4) is 0 Å². The first kappa shape index (κ1) is 25.1. The number of alkyl halides is 11. The number of halogens is 11. The van der Waals surface area contributed by atoms with E-state index in [4.69, 9.17) is 4.74 Å². The number of nitrogens with zero attached hydrogens (tertiary/aromatic N) is 1. The number of nitrogens with one attached hydrogen (secondary N) is 1. The lowest BCUT2D eigenvalue weighted by Crippen LogP contribution is -2.69. The van der Waals surface area contributed by atoms with Crippen LogP contribution in [0.1, 0.15) is 0 Å². The summed E-state index contributed by atoms with van der Waals surface area (Å²) in [5.74, 6) is -23.0. The van der Waals surface area contributed by atoms with Crippen LogP contribution < -0.4 is 4.72 Å². The standard InChI is InChI=1S/C11H13F11N2O3S/c12-7(13,8(14,15)10(18,19)20)9(16,17)11(21,22)28(25,26)23-1-2-24-3-5-27-6-4-24/h23H,1-6H2. The minimum absolute atomic E-state index is 0.166. The van der Waals surface area contributed by atoms with Crippen LogP contribution in [0.2, 0.25) is 0 Å². The van der Waals surface area contributed by atoms with E-state index in [1.165, 1.54) is 4.90 Å². The Labute approximate surface area is 150 Å². The molecule has 0 amide bonds. The Balaban J connectivity index is 3.05. The number of hydrogen-bond acceptors (Lipinski definition) is 4. The minimum Gasteiger partial charge on any atom is -0.379 e. The molecule has 1 aliphatic rings. The largest absolute Gasteiger partial charge is 0.460 e. The molecule has 0 aromatic carbocycles. The molecule has 0 aromatic heterocycles. The van der Waals surface area contributed by atoms with Gasteiger partial charge < -0.3 is 4.74 Å². The smallest absolute Gasteiger partial charge is 0.379 e. The van der Waals surface area contributed by atoms with E-state index in [0.717, 1.165) is 4.72 Å². The van der Waals surface area contributed by atoms with Crippen LogP contribution >= 0.6 is 0 Å². The molecule has 1 N–H and O–H groups in total. The maximum atomic E-state index is 13.5. The third-order valence-electron chi connectivity index (χ3n) is 3.67. The number of hydrogen-bond donors (Lipinski definition) is 1. The fraction of sp³-hybridized carbons (Fsp3) is 1.00. The number of morpholine rings is 1. The summed E-state index contributed by atoms with van der Waals surface area (Å²) in [6, 6.07) is 0. The summed E-state index contributed by atoms with van der Waals surface area (Å²) in [4.78, 5) is 1.40. The predicted molar refractivity (Wildman–Crippen MR) is 70.0 cm³/mol. The average molecular weight is 462 g/mol. The van der Waals surface area contributed by atoms with Gasteiger partial charge >= 0.3 is 29.2 Å². The van der Waals surface area contributed by atoms with Crippen LogP contribution in [0.4, 0.5) is 48.3 Å². The van der Waals surface area contributed by atoms with Crippen LogP contribution in [-0.2, 0) is 14.8 Å². The van der Waals surface area contributed by atoms with Crippen molar-refractivity contribution in [2.24, 2.45) is 0 Å². The molecule has 1 rings (SSSR count). The molecule has 1 aliphatic heterocycles. The fourth-order valence-electron chi connectivity index (χ4n) is 1.98. The van der Waals surface area contributed by atoms with E-state index in [2.05, 4.69) is 0 Å². The molecule has 0 aliphatic carbocycles. The molecule has 1 heterocycles. The summed E-state index contributed by atoms with van der Waals surface area (Å²) >= 11 is 0. The highest BCUT2D eigenvalue weighted by Crippen LogP contribution is 2.58. The quantitative estimate of drug-likeness (QED) is 0.563. The lowest BCUT2D eigenvalue weighted by Gasteiger charge is -2.36. The average Bonchev–Trinajstić information content (AvgIpc) is 2.53. The van der Waals surface area contributed by atoms with Crippen LogP contribution in [0.15, 0.2) is 0 Å². The molecule has 1 fully saturated rings. The highest BCUT2D eigenvalue weighted by atomic mass is 32.2. The first-order valence-electron chi connectivity index (χ1n) is 7.20. The molecular formula is C11H13F11N2O3S. The molecule has 5 nitrogen and oxygen atoms in total. The maximum Gasteiger partial charge on any atom is 0.460 e. The topological polar surface area (TPSA) is 58.6 Å². The Hall–Kier alpha value is -0.940. The first-order valence-corrected chi connectivity index (χ1v) is 8.68. The minimum atomic E-state index is -7.78. The lowest BCUT2D eigenvalue weighted by atomic mass is 10.0. The fourth-order valence-corrected chi connectivity index (χ4v) is 2.99. The van der Waals surface area contributed by atoms with Gasteiger partial charge in [-0.25, -0.2) is 13.1 Å². The zero-order chi connectivity index (χ0) is 22.2. The molecule has 0 unspecified atom stereocenters. The van der Waals surface area contributed by atoms with Crippen molar-refractivity contribution in [2.75, 3.05) is 39.4 Å². The van der Waals surface area contributed by atoms with E-state index in [9.17, 15) is 56.7 Å². The molecule has 0 bridgehead atoms. The summed E-state index contributed by atoms with van der Waals surface area (Å²) in [5, 5.41) is -7.00. The summed E-state index contributed by atoms with van der Waals surface area (Å²) in [6.45, 7) is -0.706. The van der Waals surface area contributed by atoms with Crippen LogP contribution in [0.25, 0.3) is 0 Å². The maximum absolute atomic E-state index is 13.5. The van der Waals surface area contributed by atoms with Crippen molar-refractivity contribution in [3.05, 3.63) is 0 Å². The molecule has 168 valence electrons. The highest BCUT2D eigenvalue weighted by molar-refractivity contribution is 7.90. The van der Waals surface area contributed by atoms with Gasteiger partial charge in [-0.1, -0.05) is 0 Å². The SMILES string of the molecule is O=S(=O)(NCCN1CCOCC1)C(F)(F)C(F)(F)C(F)(F)C(F)(F)C(F)(F)F. The van der Waals surface area contributed by atoms with Gasteiger partial charge in [-0.2, -0.15) is 48.3 Å². The van der Waals surface area contributed by atoms with Crippen LogP contribution in [0, 0.1) is 0 Å². The Kier molecular flexibility index (Phi) is 6.91. The molecule has 0 atom stereocenters. The van der Waals surface area contributed by atoms with Gasteiger partial charge in [0.05, 0.1) is 13.2 Å². The van der Waals surface area contributed by atoms with E-state index < -0.39 is 45.8 Å². The van der Waals surface area contributed by atoms with E-state index in [1.54, 1.807) is 0 Å². The lowest BCUT2D eigenvalue weighted by molar-refractivity contribution is -0.413. The van der Waals surface area contributed by atoms with Crippen LogP contribution in [0.5, 0.6) is 0 Å². The Morgan fingerprint density at radius 3 is 1.68 bits per heavy atom. The molecule has 17 heteroatoms. The van der Waals surface area contributed by atoms with Gasteiger partial charge in [0.1, 0.15) is 0 Å². The Morgan fingerprint density at radius 2 is 1.25 bits per heavy atom. The van der Waals surface area contributed by atoms with Gasteiger partial charge in [-0.3, -0.25) is 4.90 Å². The van der Waals surface area contributed by atoms with Crippen molar-refractivity contribution < 1.29 is 61.4 Å². The Morgan fingerprint density at radius 1 is 0.786 bits per heavy atom. The van der Waals surface area contributed by atoms with Gasteiger partial charge in [0.15, 0.2) is 0 Å². The summed E-state index contributed by atoms with van der Waals surface area (Å²) in [7, 11) is -6.78. The molecule has 0 saturated carbocycles. The molecule has 0 radical (unpaired) electrons. The van der Waals surface area contributed by atoms with Gasteiger partial charge in [0, 0.05) is 26.2 Å². The Bertz CT molecular complexity index is 645. The van der Waals surface area contributed by atoms with Crippen LogP contribution in [-0.4, -0.2) is 81.9 Å². The monoisotopic (exact) mass is 462 g/mol. The predicted octanol–water partition coefficient (Wildman–Crippen LogP) is 2.30. The van der Waals surface area contributed by atoms with Gasteiger partial charge in [0.2, 0.25) is 0 Å². The van der Waals surface area contributed by atoms with Gasteiger partial charge in [-0.15, -0.1) is 0 Å². The van der Waals surface area contributed by atoms with E-state index in [1.807, 2.05) is 0 Å². The zero-order valence-corrected chi connectivity index (χ0v) is 14.3. The van der Waals surface area contributed by atoms with E-state index in [0.29, 0.717) is 0 Å². The van der Waals surface area contributed by atoms with Crippen LogP contribution in [0.3, 0.4) is 0 Å². The number of sulfonamides is 1. The van der Waals surface area contributed by atoms with E-state index in [-0.39, 0.29) is 32.8 Å². The number of ether oxygens (including phenoxy) is 1. The molecule has 1 saturated heterocycles. The summed E-state index contributed by atoms with van der Waals surface area (Å²) in [6.07, 6.45) is -7.36. The van der Waals surface area contributed by atoms with Crippen molar-refractivity contribution in [1.82, 2.24) is 9.62 Å². The third-order valence-corrected chi connectivity index (χ3v) is 5.19. The van der Waals surface area contributed by atoms with Crippen molar-refractivity contribution in [1.29, 1.82) is 0 Å². The zero-order valence-electron chi connectivity index (χ0n) is 13.5. The second-order valence-corrected chi connectivity index (χ2v) is 7.40. The second kappa shape index (κ2) is 7.71. The van der Waals surface area contributed by atoms with Gasteiger partial charge in [0.25, 0.3) is 10.0 Å². The molecular weight excluding hydrogens is 449 g/mol. The van der Waals surface area contributed by atoms with Crippen molar-refractivity contribution >= 4 is 10.0 Å². The summed E-state index contributed by atoms with van der Waals surface area (Å²) in [5.41, 5.74) is 0. The first-order chi connectivity index (χ1) is 12.3. The van der Waals surface area contributed by atoms with E-state index >= 15 is 0 Å². The highest BCUT2D eigenvalue weighted by Gasteiger charge is 2.89. The molecule has 28 heavy (non-hydrogen) atoms. The second-order valence-electron chi connectivity index (χ2n) is 5.59. The number of rotatable bonds is 8.